The van der Waals surface area contributed by atoms with Crippen LogP contribution in [0.4, 0.5) is 5.82 Å². The van der Waals surface area contributed by atoms with E-state index in [9.17, 15) is 4.79 Å². The number of nitrogens with zero attached hydrogens (tertiary/aromatic N) is 4. The second-order valence-corrected chi connectivity index (χ2v) is 6.22. The molecule has 0 radical (unpaired) electrons. The summed E-state index contributed by atoms with van der Waals surface area (Å²) in [7, 11) is 3.10. The highest BCUT2D eigenvalue weighted by Crippen LogP contribution is 2.41. The average Bonchev–Trinajstić information content (AvgIpc) is 3.01. The van der Waals surface area contributed by atoms with Crippen molar-refractivity contribution in [2.75, 3.05) is 26.1 Å². The number of ether oxygens (including phenoxy) is 2. The van der Waals surface area contributed by atoms with Crippen LogP contribution in [0, 0.1) is 12.8 Å². The van der Waals surface area contributed by atoms with Crippen molar-refractivity contribution in [3.05, 3.63) is 17.6 Å². The number of anilines is 1. The van der Waals surface area contributed by atoms with Gasteiger partial charge in [0.1, 0.15) is 12.1 Å². The van der Waals surface area contributed by atoms with Crippen molar-refractivity contribution in [2.45, 2.75) is 38.7 Å². The van der Waals surface area contributed by atoms with E-state index in [1.54, 1.807) is 11.6 Å². The molecule has 8 nitrogen and oxygen atoms in total. The van der Waals surface area contributed by atoms with E-state index in [0.29, 0.717) is 25.2 Å². The molecule has 0 atom stereocenters. The second kappa shape index (κ2) is 6.35. The number of hydrogen-bond acceptors (Lipinski definition) is 7. The number of hydrogen-bond donors (Lipinski definition) is 1. The van der Waals surface area contributed by atoms with Crippen molar-refractivity contribution < 1.29 is 14.3 Å². The van der Waals surface area contributed by atoms with Crippen LogP contribution >= 0.6 is 0 Å². The minimum Gasteiger partial charge on any atom is -0.469 e. The Kier molecular flexibility index (Phi) is 4.40. The fourth-order valence-electron chi connectivity index (χ4n) is 3.39. The summed E-state index contributed by atoms with van der Waals surface area (Å²) in [5.41, 5.74) is 1.67. The van der Waals surface area contributed by atoms with Gasteiger partial charge in [-0.3, -0.25) is 4.79 Å². The van der Waals surface area contributed by atoms with Crippen molar-refractivity contribution in [3.63, 3.8) is 0 Å². The van der Waals surface area contributed by atoms with E-state index < -0.39 is 0 Å². The first-order valence-electron chi connectivity index (χ1n) is 8.09. The lowest BCUT2D eigenvalue weighted by atomic mass is 9.70. The normalized spacial score (nSPS) is 23.1. The van der Waals surface area contributed by atoms with Gasteiger partial charge in [-0.25, -0.2) is 4.98 Å². The Morgan fingerprint density at radius 1 is 1.46 bits per heavy atom. The summed E-state index contributed by atoms with van der Waals surface area (Å²) in [4.78, 5) is 20.3. The third-order valence-corrected chi connectivity index (χ3v) is 4.87. The first-order chi connectivity index (χ1) is 11.5. The number of methoxy groups -OCH3 is 2. The van der Waals surface area contributed by atoms with Crippen LogP contribution in [0.3, 0.4) is 0 Å². The van der Waals surface area contributed by atoms with Crippen molar-refractivity contribution in [1.82, 2.24) is 19.6 Å². The Morgan fingerprint density at radius 2 is 2.21 bits per heavy atom. The van der Waals surface area contributed by atoms with Crippen molar-refractivity contribution >= 4 is 17.6 Å². The summed E-state index contributed by atoms with van der Waals surface area (Å²) < 4.78 is 12.2. The van der Waals surface area contributed by atoms with Crippen molar-refractivity contribution in [2.24, 2.45) is 5.92 Å². The van der Waals surface area contributed by atoms with Crippen LogP contribution in [-0.2, 0) is 20.7 Å². The summed E-state index contributed by atoms with van der Waals surface area (Å²) in [6.07, 6.45) is 3.63. The maximum Gasteiger partial charge on any atom is 0.308 e. The SMILES string of the molecule is CCc1c(C)nc2ncnn2c1NCC1(OC)CC(C(=O)OC)C1. The van der Waals surface area contributed by atoms with E-state index in [2.05, 4.69) is 27.3 Å². The third kappa shape index (κ3) is 2.71. The molecule has 1 saturated carbocycles. The Balaban J connectivity index is 1.80. The van der Waals surface area contributed by atoms with Gasteiger partial charge in [0.25, 0.3) is 5.78 Å². The molecule has 2 aromatic heterocycles. The molecule has 1 fully saturated rings. The molecule has 130 valence electrons. The molecule has 0 bridgehead atoms. The van der Waals surface area contributed by atoms with Crippen LogP contribution in [0.25, 0.3) is 5.78 Å². The van der Waals surface area contributed by atoms with Crippen LogP contribution in [0.5, 0.6) is 0 Å². The largest absolute Gasteiger partial charge is 0.469 e. The Bertz CT molecular complexity index is 751. The Morgan fingerprint density at radius 3 is 2.83 bits per heavy atom. The fourth-order valence-corrected chi connectivity index (χ4v) is 3.39. The summed E-state index contributed by atoms with van der Waals surface area (Å²) in [5, 5.41) is 7.71. The topological polar surface area (TPSA) is 90.6 Å². The van der Waals surface area contributed by atoms with E-state index in [-0.39, 0.29) is 17.5 Å². The molecule has 1 aliphatic rings. The minimum atomic E-state index is -0.367. The molecular weight excluding hydrogens is 310 g/mol. The van der Waals surface area contributed by atoms with Crippen LogP contribution in [0.2, 0.25) is 0 Å². The van der Waals surface area contributed by atoms with Gasteiger partial charge in [0.15, 0.2) is 0 Å². The summed E-state index contributed by atoms with van der Waals surface area (Å²) in [6.45, 7) is 4.64. The number of carbonyl (C=O) groups excluding carboxylic acids is 1. The smallest absolute Gasteiger partial charge is 0.308 e. The number of carbonyl (C=O) groups is 1. The van der Waals surface area contributed by atoms with Gasteiger partial charge in [0.2, 0.25) is 0 Å². The Hall–Kier alpha value is -2.22. The molecule has 3 rings (SSSR count). The predicted molar refractivity (Wildman–Crippen MR) is 87.9 cm³/mol. The van der Waals surface area contributed by atoms with E-state index in [4.69, 9.17) is 9.47 Å². The number of esters is 1. The molecule has 0 aromatic carbocycles. The average molecular weight is 333 g/mol. The monoisotopic (exact) mass is 333 g/mol. The van der Waals surface area contributed by atoms with Crippen molar-refractivity contribution in [3.8, 4) is 0 Å². The molecule has 1 aliphatic carbocycles. The molecular formula is C16H23N5O3. The highest BCUT2D eigenvalue weighted by Gasteiger charge is 2.48. The molecule has 0 unspecified atom stereocenters. The summed E-state index contributed by atoms with van der Waals surface area (Å²) in [6, 6.07) is 0. The third-order valence-electron chi connectivity index (χ3n) is 4.87. The van der Waals surface area contributed by atoms with Gasteiger partial charge in [-0.15, -0.1) is 0 Å². The van der Waals surface area contributed by atoms with Gasteiger partial charge < -0.3 is 14.8 Å². The summed E-state index contributed by atoms with van der Waals surface area (Å²) in [5.74, 6) is 1.19. The molecule has 0 amide bonds. The van der Waals surface area contributed by atoms with Gasteiger partial charge in [-0.1, -0.05) is 6.92 Å². The highest BCUT2D eigenvalue weighted by atomic mass is 16.5. The summed E-state index contributed by atoms with van der Waals surface area (Å²) >= 11 is 0. The maximum atomic E-state index is 11.6. The molecule has 8 heteroatoms. The zero-order chi connectivity index (χ0) is 17.3. The van der Waals surface area contributed by atoms with Crippen LogP contribution in [-0.4, -0.2) is 51.9 Å². The molecule has 2 aromatic rings. The first-order valence-corrected chi connectivity index (χ1v) is 8.09. The van der Waals surface area contributed by atoms with E-state index in [0.717, 1.165) is 23.5 Å². The van der Waals surface area contributed by atoms with Gasteiger partial charge in [0, 0.05) is 24.9 Å². The van der Waals surface area contributed by atoms with Gasteiger partial charge in [-0.05, 0) is 26.2 Å². The van der Waals surface area contributed by atoms with Gasteiger partial charge in [-0.2, -0.15) is 14.6 Å². The minimum absolute atomic E-state index is 0.0899. The number of rotatable bonds is 6. The van der Waals surface area contributed by atoms with E-state index in [1.807, 2.05) is 6.92 Å². The molecule has 0 aliphatic heterocycles. The number of aromatic nitrogens is 4. The number of aryl methyl sites for hydroxylation is 1. The van der Waals surface area contributed by atoms with E-state index >= 15 is 0 Å². The Labute approximate surface area is 140 Å². The quantitative estimate of drug-likeness (QED) is 0.798. The molecule has 2 heterocycles. The maximum absolute atomic E-state index is 11.6. The van der Waals surface area contributed by atoms with Gasteiger partial charge in [0.05, 0.1) is 18.6 Å². The zero-order valence-electron chi connectivity index (χ0n) is 14.5. The second-order valence-electron chi connectivity index (χ2n) is 6.22. The number of fused-ring (bicyclic) bond motifs is 1. The van der Waals surface area contributed by atoms with Gasteiger partial charge >= 0.3 is 5.97 Å². The lowest BCUT2D eigenvalue weighted by Crippen LogP contribution is -2.53. The lowest BCUT2D eigenvalue weighted by Gasteiger charge is -2.45. The zero-order valence-corrected chi connectivity index (χ0v) is 14.5. The van der Waals surface area contributed by atoms with Crippen LogP contribution in [0.1, 0.15) is 31.0 Å². The van der Waals surface area contributed by atoms with E-state index in [1.165, 1.54) is 13.4 Å². The molecule has 1 N–H and O–H groups in total. The molecule has 0 saturated heterocycles. The number of nitrogens with one attached hydrogen (secondary N) is 1. The van der Waals surface area contributed by atoms with Crippen molar-refractivity contribution in [1.29, 1.82) is 0 Å². The first kappa shape index (κ1) is 16.6. The lowest BCUT2D eigenvalue weighted by molar-refractivity contribution is -0.163. The highest BCUT2D eigenvalue weighted by molar-refractivity contribution is 5.74. The van der Waals surface area contributed by atoms with Crippen LogP contribution < -0.4 is 5.32 Å². The standard InChI is InChI=1S/C16H23N5O3/c1-5-12-10(2)20-15-18-9-19-21(15)13(12)17-8-16(24-4)6-11(7-16)14(22)23-3/h9,11,17H,5-8H2,1-4H3. The molecule has 0 spiro atoms. The fraction of sp³-hybridized carbons (Fsp3) is 0.625. The molecule has 24 heavy (non-hydrogen) atoms. The van der Waals surface area contributed by atoms with Crippen LogP contribution in [0.15, 0.2) is 6.33 Å². The predicted octanol–water partition coefficient (Wildman–Crippen LogP) is 1.38.